The smallest absolute Gasteiger partial charge is 0.357 e. The van der Waals surface area contributed by atoms with Crippen molar-refractivity contribution >= 4 is 33.4 Å². The number of halogens is 4. The Morgan fingerprint density at radius 1 is 1.12 bits per heavy atom. The molecule has 0 aliphatic heterocycles. The zero-order valence-electron chi connectivity index (χ0n) is 12.9. The minimum absolute atomic E-state index is 0.0560. The second-order valence-corrected chi connectivity index (χ2v) is 5.65. The summed E-state index contributed by atoms with van der Waals surface area (Å²) in [5.74, 6) is -1.09. The van der Waals surface area contributed by atoms with Gasteiger partial charge < -0.3 is 10.3 Å². The van der Waals surface area contributed by atoms with Gasteiger partial charge in [0.05, 0.1) is 22.3 Å². The van der Waals surface area contributed by atoms with Gasteiger partial charge in [-0.1, -0.05) is 12.1 Å². The van der Waals surface area contributed by atoms with E-state index in [1.165, 1.54) is 24.4 Å². The summed E-state index contributed by atoms with van der Waals surface area (Å²) < 4.78 is 52.0. The normalized spacial score (nSPS) is 12.0. The zero-order valence-corrected chi connectivity index (χ0v) is 12.9. The van der Waals surface area contributed by atoms with E-state index in [1.807, 2.05) is 0 Å². The number of para-hydroxylation sites is 1. The van der Waals surface area contributed by atoms with Crippen LogP contribution in [0, 0.1) is 5.82 Å². The number of anilines is 1. The lowest BCUT2D eigenvalue weighted by atomic mass is 10.1. The van der Waals surface area contributed by atoms with E-state index in [0.717, 1.165) is 12.1 Å². The third-order valence-corrected chi connectivity index (χ3v) is 4.02. The van der Waals surface area contributed by atoms with Crippen LogP contribution in [0.5, 0.6) is 0 Å². The number of amides is 1. The minimum Gasteiger partial charge on any atom is -0.357 e. The van der Waals surface area contributed by atoms with Crippen molar-refractivity contribution in [3.05, 3.63) is 59.7 Å². The highest BCUT2D eigenvalue weighted by atomic mass is 19.4. The highest BCUT2D eigenvalue weighted by Gasteiger charge is 2.31. The zero-order chi connectivity index (χ0) is 18.5. The molecule has 0 bridgehead atoms. The number of H-pyrrole nitrogens is 2. The lowest BCUT2D eigenvalue weighted by Gasteiger charge is -2.06. The molecule has 0 spiro atoms. The van der Waals surface area contributed by atoms with Crippen LogP contribution in [0.1, 0.15) is 16.1 Å². The van der Waals surface area contributed by atoms with Gasteiger partial charge in [0.2, 0.25) is 0 Å². The number of fused-ring (bicyclic) bond motifs is 2. The quantitative estimate of drug-likeness (QED) is 0.461. The summed E-state index contributed by atoms with van der Waals surface area (Å²) in [7, 11) is 0. The second-order valence-electron chi connectivity index (χ2n) is 5.65. The molecule has 0 unspecified atom stereocenters. The van der Waals surface area contributed by atoms with E-state index in [-0.39, 0.29) is 22.1 Å². The highest BCUT2D eigenvalue weighted by Crippen LogP contribution is 2.32. The summed E-state index contributed by atoms with van der Waals surface area (Å²) in [6.07, 6.45) is -3.06. The lowest BCUT2D eigenvalue weighted by Crippen LogP contribution is -2.12. The van der Waals surface area contributed by atoms with E-state index in [9.17, 15) is 22.4 Å². The minimum atomic E-state index is -4.49. The number of nitrogens with zero attached hydrogens (tertiary/aromatic N) is 1. The highest BCUT2D eigenvalue weighted by molar-refractivity contribution is 6.13. The van der Waals surface area contributed by atoms with Crippen LogP contribution in [-0.2, 0) is 6.18 Å². The Labute approximate surface area is 143 Å². The van der Waals surface area contributed by atoms with E-state index < -0.39 is 23.5 Å². The predicted octanol–water partition coefficient (Wildman–Crippen LogP) is 4.45. The van der Waals surface area contributed by atoms with Crippen molar-refractivity contribution in [2.24, 2.45) is 0 Å². The standard InChI is InChI=1S/C17H10F4N4O/c18-11-3-1-2-9-13(7-22-14(9)11)23-16(26)15-10-5-4-8(17(19,20)21)6-12(10)24-25-15/h1-7,22H,(H,23,26)(H,24,25). The number of alkyl halides is 3. The first-order valence-corrected chi connectivity index (χ1v) is 7.47. The third-order valence-electron chi connectivity index (χ3n) is 4.02. The first-order valence-electron chi connectivity index (χ1n) is 7.47. The monoisotopic (exact) mass is 362 g/mol. The third kappa shape index (κ3) is 2.57. The van der Waals surface area contributed by atoms with Crippen LogP contribution in [0.4, 0.5) is 23.2 Å². The van der Waals surface area contributed by atoms with Crippen molar-refractivity contribution in [2.75, 3.05) is 5.32 Å². The fourth-order valence-corrected chi connectivity index (χ4v) is 2.77. The van der Waals surface area contributed by atoms with Gasteiger partial charge in [-0.2, -0.15) is 18.3 Å². The van der Waals surface area contributed by atoms with Crippen molar-refractivity contribution in [3.63, 3.8) is 0 Å². The van der Waals surface area contributed by atoms with Gasteiger partial charge in [-0.25, -0.2) is 4.39 Å². The van der Waals surface area contributed by atoms with Gasteiger partial charge in [0.15, 0.2) is 5.69 Å². The number of aromatic amines is 2. The molecule has 0 saturated carbocycles. The molecule has 0 aliphatic carbocycles. The van der Waals surface area contributed by atoms with Crippen molar-refractivity contribution in [1.29, 1.82) is 0 Å². The molecule has 0 fully saturated rings. The molecule has 3 N–H and O–H groups in total. The molecule has 4 aromatic rings. The van der Waals surface area contributed by atoms with E-state index in [4.69, 9.17) is 0 Å². The fourth-order valence-electron chi connectivity index (χ4n) is 2.77. The average molecular weight is 362 g/mol. The van der Waals surface area contributed by atoms with Crippen LogP contribution in [-0.4, -0.2) is 21.1 Å². The van der Waals surface area contributed by atoms with Crippen LogP contribution in [0.2, 0.25) is 0 Å². The molecule has 0 radical (unpaired) electrons. The maximum absolute atomic E-state index is 13.7. The molecule has 1 amide bonds. The number of benzene rings is 2. The topological polar surface area (TPSA) is 73.6 Å². The summed E-state index contributed by atoms with van der Waals surface area (Å²) in [4.78, 5) is 15.2. The molecule has 2 heterocycles. The number of hydrogen-bond donors (Lipinski definition) is 3. The van der Waals surface area contributed by atoms with Crippen molar-refractivity contribution in [3.8, 4) is 0 Å². The number of hydrogen-bond acceptors (Lipinski definition) is 2. The Kier molecular flexibility index (Phi) is 3.46. The maximum Gasteiger partial charge on any atom is 0.416 e. The van der Waals surface area contributed by atoms with Crippen molar-refractivity contribution in [2.45, 2.75) is 6.18 Å². The lowest BCUT2D eigenvalue weighted by molar-refractivity contribution is -0.137. The van der Waals surface area contributed by atoms with Crippen LogP contribution in [0.15, 0.2) is 42.6 Å². The summed E-state index contributed by atoms with van der Waals surface area (Å²) in [6, 6.07) is 7.37. The van der Waals surface area contributed by atoms with Gasteiger partial charge in [0.1, 0.15) is 5.82 Å². The van der Waals surface area contributed by atoms with E-state index in [2.05, 4.69) is 20.5 Å². The summed E-state index contributed by atoms with van der Waals surface area (Å²) in [5.41, 5.74) is -0.223. The van der Waals surface area contributed by atoms with Crippen molar-refractivity contribution < 1.29 is 22.4 Å². The molecule has 9 heteroatoms. The van der Waals surface area contributed by atoms with Gasteiger partial charge in [-0.3, -0.25) is 9.89 Å². The Hall–Kier alpha value is -3.36. The van der Waals surface area contributed by atoms with E-state index in [0.29, 0.717) is 11.1 Å². The summed E-state index contributed by atoms with van der Waals surface area (Å²) in [5, 5.41) is 9.55. The van der Waals surface area contributed by atoms with Crippen LogP contribution in [0.25, 0.3) is 21.8 Å². The fraction of sp³-hybridized carbons (Fsp3) is 0.0588. The van der Waals surface area contributed by atoms with Crippen molar-refractivity contribution in [1.82, 2.24) is 15.2 Å². The molecule has 26 heavy (non-hydrogen) atoms. The molecule has 2 aromatic carbocycles. The number of rotatable bonds is 2. The first kappa shape index (κ1) is 16.1. The number of carbonyl (C=O) groups is 1. The second kappa shape index (κ2) is 5.58. The van der Waals surface area contributed by atoms with E-state index in [1.54, 1.807) is 6.07 Å². The molecule has 4 rings (SSSR count). The summed E-state index contributed by atoms with van der Waals surface area (Å²) >= 11 is 0. The van der Waals surface area contributed by atoms with Gasteiger partial charge in [0, 0.05) is 17.0 Å². The Bertz CT molecular complexity index is 1140. The van der Waals surface area contributed by atoms with Crippen LogP contribution in [0.3, 0.4) is 0 Å². The van der Waals surface area contributed by atoms with E-state index >= 15 is 0 Å². The SMILES string of the molecule is O=C(Nc1c[nH]c2c(F)cccc12)c1n[nH]c2cc(C(F)(F)F)ccc12. The number of carbonyl (C=O) groups excluding carboxylic acids is 1. The summed E-state index contributed by atoms with van der Waals surface area (Å²) in [6.45, 7) is 0. The molecule has 5 nitrogen and oxygen atoms in total. The molecule has 0 saturated heterocycles. The van der Waals surface area contributed by atoms with Gasteiger partial charge in [0.25, 0.3) is 5.91 Å². The molecule has 2 aromatic heterocycles. The molecular weight excluding hydrogens is 352 g/mol. The van der Waals surface area contributed by atoms with Crippen LogP contribution < -0.4 is 5.32 Å². The Morgan fingerprint density at radius 3 is 2.69 bits per heavy atom. The number of aromatic nitrogens is 3. The molecular formula is C17H10F4N4O. The van der Waals surface area contributed by atoms with Gasteiger partial charge in [-0.05, 0) is 24.3 Å². The molecule has 0 atom stereocenters. The number of nitrogens with one attached hydrogen (secondary N) is 3. The molecule has 132 valence electrons. The largest absolute Gasteiger partial charge is 0.416 e. The van der Waals surface area contributed by atoms with Crippen LogP contribution >= 0.6 is 0 Å². The average Bonchev–Trinajstić information content (AvgIpc) is 3.18. The molecule has 0 aliphatic rings. The predicted molar refractivity (Wildman–Crippen MR) is 87.3 cm³/mol. The Balaban J connectivity index is 1.69. The van der Waals surface area contributed by atoms with Gasteiger partial charge >= 0.3 is 6.18 Å². The Morgan fingerprint density at radius 2 is 1.92 bits per heavy atom. The maximum atomic E-state index is 13.7. The van der Waals surface area contributed by atoms with Gasteiger partial charge in [-0.15, -0.1) is 0 Å². The first-order chi connectivity index (χ1) is 12.3.